The minimum atomic E-state index is 0.470. The third kappa shape index (κ3) is 3.98. The number of anilines is 1. The average molecular weight is 324 g/mol. The summed E-state index contributed by atoms with van der Waals surface area (Å²) >= 11 is 3.61. The number of aryl methyl sites for hydroxylation is 1. The Morgan fingerprint density at radius 2 is 1.74 bits per heavy atom. The topological polar surface area (TPSA) is 12.0 Å². The van der Waals surface area contributed by atoms with Crippen molar-refractivity contribution in [2.24, 2.45) is 11.3 Å². The minimum absolute atomic E-state index is 0.470. The van der Waals surface area contributed by atoms with Crippen LogP contribution in [0.4, 0.5) is 5.69 Å². The van der Waals surface area contributed by atoms with Gasteiger partial charge >= 0.3 is 0 Å². The first kappa shape index (κ1) is 14.9. The Labute approximate surface area is 126 Å². The highest BCUT2D eigenvalue weighted by Crippen LogP contribution is 2.38. The van der Waals surface area contributed by atoms with E-state index in [-0.39, 0.29) is 0 Å². The molecule has 2 heteroatoms. The third-order valence-corrected chi connectivity index (χ3v) is 5.35. The zero-order chi connectivity index (χ0) is 14.0. The van der Waals surface area contributed by atoms with E-state index >= 15 is 0 Å². The van der Waals surface area contributed by atoms with Crippen LogP contribution in [0.1, 0.15) is 52.0 Å². The second-order valence-corrected chi connectivity index (χ2v) is 7.88. The van der Waals surface area contributed by atoms with Gasteiger partial charge in [-0.3, -0.25) is 0 Å². The van der Waals surface area contributed by atoms with Crippen LogP contribution >= 0.6 is 15.9 Å². The van der Waals surface area contributed by atoms with Crippen LogP contribution in [0.15, 0.2) is 22.7 Å². The molecule has 1 fully saturated rings. The van der Waals surface area contributed by atoms with Gasteiger partial charge in [-0.2, -0.15) is 0 Å². The summed E-state index contributed by atoms with van der Waals surface area (Å²) in [6.07, 6.45) is 5.31. The lowest BCUT2D eigenvalue weighted by molar-refractivity contribution is 0.173. The number of benzene rings is 1. The summed E-state index contributed by atoms with van der Waals surface area (Å²) in [7, 11) is 0. The Kier molecular flexibility index (Phi) is 4.60. The Morgan fingerprint density at radius 1 is 1.11 bits per heavy atom. The van der Waals surface area contributed by atoms with Gasteiger partial charge < -0.3 is 5.32 Å². The summed E-state index contributed by atoms with van der Waals surface area (Å²) in [4.78, 5) is 0. The first-order chi connectivity index (χ1) is 8.86. The lowest BCUT2D eigenvalue weighted by atomic mass is 9.71. The van der Waals surface area contributed by atoms with Crippen molar-refractivity contribution in [3.8, 4) is 0 Å². The number of rotatable bonds is 2. The lowest BCUT2D eigenvalue weighted by Gasteiger charge is -2.37. The molecule has 1 saturated carbocycles. The number of hydrogen-bond acceptors (Lipinski definition) is 1. The molecule has 1 N–H and O–H groups in total. The molecule has 0 spiro atoms. The predicted molar refractivity (Wildman–Crippen MR) is 87.7 cm³/mol. The molecule has 0 amide bonds. The summed E-state index contributed by atoms with van der Waals surface area (Å²) in [5.41, 5.74) is 3.01. The summed E-state index contributed by atoms with van der Waals surface area (Å²) in [5.74, 6) is 0.885. The molecule has 19 heavy (non-hydrogen) atoms. The van der Waals surface area contributed by atoms with Gasteiger partial charge in [0.1, 0.15) is 0 Å². The molecular formula is C17H26BrN. The van der Waals surface area contributed by atoms with Crippen molar-refractivity contribution < 1.29 is 0 Å². The number of hydrogen-bond donors (Lipinski definition) is 1. The van der Waals surface area contributed by atoms with Gasteiger partial charge in [0.25, 0.3) is 0 Å². The standard InChI is InChI=1S/C17H26BrN/c1-12-5-8-15(11-16(12)18)19-14-9-6-13(7-10-14)17(2,3)4/h5,8,11,13-14,19H,6-7,9-10H2,1-4H3. The zero-order valence-electron chi connectivity index (χ0n) is 12.6. The molecule has 1 aliphatic rings. The number of nitrogens with one attached hydrogen (secondary N) is 1. The van der Waals surface area contributed by atoms with Gasteiger partial charge in [-0.15, -0.1) is 0 Å². The van der Waals surface area contributed by atoms with E-state index in [1.807, 2.05) is 0 Å². The zero-order valence-corrected chi connectivity index (χ0v) is 14.2. The summed E-state index contributed by atoms with van der Waals surface area (Å²) in [6, 6.07) is 7.21. The molecule has 0 aliphatic heterocycles. The van der Waals surface area contributed by atoms with E-state index in [0.717, 1.165) is 5.92 Å². The van der Waals surface area contributed by atoms with E-state index in [1.54, 1.807) is 0 Å². The van der Waals surface area contributed by atoms with E-state index in [1.165, 1.54) is 41.4 Å². The molecule has 1 aromatic carbocycles. The van der Waals surface area contributed by atoms with Crippen LogP contribution in [0.25, 0.3) is 0 Å². The molecule has 0 unspecified atom stereocenters. The fraction of sp³-hybridized carbons (Fsp3) is 0.647. The van der Waals surface area contributed by atoms with Crippen LogP contribution in [0.2, 0.25) is 0 Å². The summed E-state index contributed by atoms with van der Waals surface area (Å²) in [5, 5.41) is 3.69. The van der Waals surface area contributed by atoms with Crippen LogP contribution in [-0.2, 0) is 0 Å². The van der Waals surface area contributed by atoms with Crippen molar-refractivity contribution in [2.75, 3.05) is 5.32 Å². The van der Waals surface area contributed by atoms with Gasteiger partial charge in [0, 0.05) is 16.2 Å². The first-order valence-corrected chi connectivity index (χ1v) is 8.18. The average Bonchev–Trinajstić information content (AvgIpc) is 2.33. The molecular weight excluding hydrogens is 298 g/mol. The van der Waals surface area contributed by atoms with Crippen LogP contribution in [0.3, 0.4) is 0 Å². The molecule has 2 rings (SSSR count). The van der Waals surface area contributed by atoms with Crippen LogP contribution in [0.5, 0.6) is 0 Å². The molecule has 0 aromatic heterocycles. The fourth-order valence-corrected chi connectivity index (χ4v) is 3.40. The second-order valence-electron chi connectivity index (χ2n) is 7.02. The van der Waals surface area contributed by atoms with Gasteiger partial charge in [-0.05, 0) is 61.6 Å². The smallest absolute Gasteiger partial charge is 0.0353 e. The van der Waals surface area contributed by atoms with Gasteiger partial charge in [0.2, 0.25) is 0 Å². The molecule has 1 nitrogen and oxygen atoms in total. The van der Waals surface area contributed by atoms with E-state index < -0.39 is 0 Å². The normalized spacial score (nSPS) is 24.3. The van der Waals surface area contributed by atoms with Gasteiger partial charge in [0.05, 0.1) is 0 Å². The highest BCUT2D eigenvalue weighted by Gasteiger charge is 2.29. The Bertz CT molecular complexity index is 425. The van der Waals surface area contributed by atoms with Crippen LogP contribution < -0.4 is 5.32 Å². The molecule has 0 radical (unpaired) electrons. The summed E-state index contributed by atoms with van der Waals surface area (Å²) in [6.45, 7) is 9.26. The van der Waals surface area contributed by atoms with E-state index in [9.17, 15) is 0 Å². The molecule has 1 aromatic rings. The van der Waals surface area contributed by atoms with E-state index in [0.29, 0.717) is 11.5 Å². The Hall–Kier alpha value is -0.500. The van der Waals surface area contributed by atoms with Crippen molar-refractivity contribution >= 4 is 21.6 Å². The molecule has 106 valence electrons. The SMILES string of the molecule is Cc1ccc(NC2CCC(C(C)(C)C)CC2)cc1Br. The van der Waals surface area contributed by atoms with E-state index in [2.05, 4.69) is 67.1 Å². The summed E-state index contributed by atoms with van der Waals surface area (Å²) < 4.78 is 1.20. The Balaban J connectivity index is 1.90. The fourth-order valence-electron chi connectivity index (χ4n) is 3.02. The van der Waals surface area contributed by atoms with Crippen molar-refractivity contribution in [1.82, 2.24) is 0 Å². The highest BCUT2D eigenvalue weighted by atomic mass is 79.9. The van der Waals surface area contributed by atoms with Gasteiger partial charge in [0.15, 0.2) is 0 Å². The molecule has 0 bridgehead atoms. The lowest BCUT2D eigenvalue weighted by Crippen LogP contribution is -2.31. The number of halogens is 1. The third-order valence-electron chi connectivity index (χ3n) is 4.49. The quantitative estimate of drug-likeness (QED) is 0.728. The van der Waals surface area contributed by atoms with Crippen molar-refractivity contribution in [2.45, 2.75) is 59.4 Å². The van der Waals surface area contributed by atoms with Crippen LogP contribution in [-0.4, -0.2) is 6.04 Å². The predicted octanol–water partition coefficient (Wildman–Crippen LogP) is 5.77. The Morgan fingerprint density at radius 3 is 2.26 bits per heavy atom. The molecule has 1 aliphatic carbocycles. The van der Waals surface area contributed by atoms with Crippen molar-refractivity contribution in [1.29, 1.82) is 0 Å². The molecule has 0 heterocycles. The first-order valence-electron chi connectivity index (χ1n) is 7.39. The van der Waals surface area contributed by atoms with Crippen LogP contribution in [0, 0.1) is 18.3 Å². The molecule has 0 saturated heterocycles. The van der Waals surface area contributed by atoms with E-state index in [4.69, 9.17) is 0 Å². The largest absolute Gasteiger partial charge is 0.382 e. The second kappa shape index (κ2) is 5.87. The van der Waals surface area contributed by atoms with Crippen molar-refractivity contribution in [3.05, 3.63) is 28.2 Å². The molecule has 0 atom stereocenters. The highest BCUT2D eigenvalue weighted by molar-refractivity contribution is 9.10. The van der Waals surface area contributed by atoms with Crippen molar-refractivity contribution in [3.63, 3.8) is 0 Å². The van der Waals surface area contributed by atoms with Gasteiger partial charge in [-0.25, -0.2) is 0 Å². The van der Waals surface area contributed by atoms with Gasteiger partial charge in [-0.1, -0.05) is 42.8 Å². The monoisotopic (exact) mass is 323 g/mol. The maximum Gasteiger partial charge on any atom is 0.0353 e. The minimum Gasteiger partial charge on any atom is -0.382 e. The maximum atomic E-state index is 3.69. The maximum absolute atomic E-state index is 3.69.